The molecular formula is C26H31N3O3. The van der Waals surface area contributed by atoms with Gasteiger partial charge in [0.25, 0.3) is 0 Å². The molecule has 6 heteroatoms. The van der Waals surface area contributed by atoms with E-state index in [1.807, 2.05) is 48.5 Å². The normalized spacial score (nSPS) is 17.1. The maximum atomic E-state index is 12.9. The van der Waals surface area contributed by atoms with Crippen molar-refractivity contribution in [2.45, 2.75) is 12.8 Å². The largest absolute Gasteiger partial charge is 0.492 e. The van der Waals surface area contributed by atoms with E-state index < -0.39 is 0 Å². The number of anilines is 1. The van der Waals surface area contributed by atoms with Gasteiger partial charge >= 0.3 is 0 Å². The first-order chi connectivity index (χ1) is 15.6. The Morgan fingerprint density at radius 1 is 1.00 bits per heavy atom. The van der Waals surface area contributed by atoms with Crippen LogP contribution in [0.2, 0.25) is 0 Å². The van der Waals surface area contributed by atoms with Crippen LogP contribution in [0.4, 0.5) is 5.69 Å². The van der Waals surface area contributed by atoms with E-state index in [0.717, 1.165) is 55.3 Å². The Bertz CT molecular complexity index is 952. The average Bonchev–Trinajstić information content (AvgIpc) is 2.82. The number of nitrogens with zero attached hydrogens (tertiary/aromatic N) is 3. The van der Waals surface area contributed by atoms with Gasteiger partial charge in [0.2, 0.25) is 5.91 Å². The molecule has 2 aliphatic rings. The number of Topliss-reactive ketones (excluding diaryl/α,β-unsaturated/α-hetero) is 1. The molecule has 1 amide bonds. The smallest absolute Gasteiger partial charge is 0.227 e. The van der Waals surface area contributed by atoms with Crippen LogP contribution in [-0.2, 0) is 11.2 Å². The second-order valence-electron chi connectivity index (χ2n) is 8.34. The van der Waals surface area contributed by atoms with Crippen LogP contribution in [-0.4, -0.2) is 73.9 Å². The molecule has 6 nitrogen and oxygen atoms in total. The number of hydrogen-bond acceptors (Lipinski definition) is 5. The number of fused-ring (bicyclic) bond motifs is 1. The minimum atomic E-state index is 0.114. The Morgan fingerprint density at radius 3 is 2.50 bits per heavy atom. The number of carbonyl (C=O) groups is 2. The molecule has 0 aliphatic carbocycles. The van der Waals surface area contributed by atoms with Crippen molar-refractivity contribution in [2.24, 2.45) is 0 Å². The van der Waals surface area contributed by atoms with Gasteiger partial charge in [0.15, 0.2) is 5.78 Å². The zero-order chi connectivity index (χ0) is 22.3. The van der Waals surface area contributed by atoms with Crippen molar-refractivity contribution in [3.63, 3.8) is 0 Å². The Hall–Kier alpha value is -2.96. The van der Waals surface area contributed by atoms with Crippen molar-refractivity contribution >= 4 is 17.4 Å². The number of ether oxygens (including phenoxy) is 1. The first kappa shape index (κ1) is 22.2. The highest BCUT2D eigenvalue weighted by Crippen LogP contribution is 2.29. The standard InChI is InChI=1S/C26H31N3O3/c1-2-12-29-24-10-8-22(19-21(24)9-11-26(29)31)25(30)20-28-15-13-27(14-16-28)17-18-32-23-6-4-3-5-7-23/h2-8,10,19H,1,9,11-18,20H2. The molecule has 2 aliphatic heterocycles. The number of aryl methyl sites for hydroxylation is 1. The summed E-state index contributed by atoms with van der Waals surface area (Å²) in [5, 5.41) is 0. The molecule has 2 heterocycles. The van der Waals surface area contributed by atoms with Gasteiger partial charge in [0.1, 0.15) is 12.4 Å². The lowest BCUT2D eigenvalue weighted by Crippen LogP contribution is -2.48. The molecule has 0 unspecified atom stereocenters. The van der Waals surface area contributed by atoms with Crippen molar-refractivity contribution in [3.05, 3.63) is 72.3 Å². The van der Waals surface area contributed by atoms with Gasteiger partial charge in [-0.15, -0.1) is 6.58 Å². The van der Waals surface area contributed by atoms with E-state index in [0.29, 0.717) is 32.5 Å². The summed E-state index contributed by atoms with van der Waals surface area (Å²) in [5.74, 6) is 1.16. The summed E-state index contributed by atoms with van der Waals surface area (Å²) < 4.78 is 5.79. The molecular weight excluding hydrogens is 402 g/mol. The van der Waals surface area contributed by atoms with Crippen LogP contribution in [0.1, 0.15) is 22.3 Å². The molecule has 0 N–H and O–H groups in total. The SMILES string of the molecule is C=CCN1C(=O)CCc2cc(C(=O)CN3CCN(CCOc4ccccc4)CC3)ccc21. The molecule has 2 aromatic carbocycles. The third-order valence-electron chi connectivity index (χ3n) is 6.16. The molecule has 0 saturated carbocycles. The Balaban J connectivity index is 1.25. The molecule has 0 bridgehead atoms. The summed E-state index contributed by atoms with van der Waals surface area (Å²) in [6.07, 6.45) is 2.90. The van der Waals surface area contributed by atoms with Crippen LogP contribution in [0.15, 0.2) is 61.2 Å². The summed E-state index contributed by atoms with van der Waals surface area (Å²) in [6.45, 7) is 9.87. The number of para-hydroxylation sites is 1. The summed E-state index contributed by atoms with van der Waals surface area (Å²) in [4.78, 5) is 31.5. The highest BCUT2D eigenvalue weighted by molar-refractivity contribution is 6.00. The molecule has 168 valence electrons. The van der Waals surface area contributed by atoms with E-state index in [9.17, 15) is 9.59 Å². The number of rotatable bonds is 9. The summed E-state index contributed by atoms with van der Waals surface area (Å²) in [7, 11) is 0. The van der Waals surface area contributed by atoms with Crippen LogP contribution in [0.3, 0.4) is 0 Å². The van der Waals surface area contributed by atoms with Gasteiger partial charge in [-0.25, -0.2) is 0 Å². The fraction of sp³-hybridized carbons (Fsp3) is 0.385. The lowest BCUT2D eigenvalue weighted by atomic mass is 9.97. The monoisotopic (exact) mass is 433 g/mol. The van der Waals surface area contributed by atoms with E-state index in [1.165, 1.54) is 0 Å². The van der Waals surface area contributed by atoms with Crippen LogP contribution in [0.25, 0.3) is 0 Å². The number of ketones is 1. The minimum Gasteiger partial charge on any atom is -0.492 e. The van der Waals surface area contributed by atoms with Crippen molar-refractivity contribution in [2.75, 3.05) is 57.3 Å². The molecule has 0 radical (unpaired) electrons. The molecule has 0 spiro atoms. The lowest BCUT2D eigenvalue weighted by molar-refractivity contribution is -0.118. The van der Waals surface area contributed by atoms with Crippen molar-refractivity contribution in [1.82, 2.24) is 9.80 Å². The van der Waals surface area contributed by atoms with Gasteiger partial charge < -0.3 is 9.64 Å². The Morgan fingerprint density at radius 2 is 1.75 bits per heavy atom. The van der Waals surface area contributed by atoms with Crippen LogP contribution >= 0.6 is 0 Å². The van der Waals surface area contributed by atoms with E-state index in [-0.39, 0.29) is 11.7 Å². The number of benzene rings is 2. The third kappa shape index (κ3) is 5.44. The first-order valence-electron chi connectivity index (χ1n) is 11.3. The number of amides is 1. The first-order valence-corrected chi connectivity index (χ1v) is 11.3. The van der Waals surface area contributed by atoms with Gasteiger partial charge in [0, 0.05) is 56.9 Å². The van der Waals surface area contributed by atoms with E-state index in [1.54, 1.807) is 11.0 Å². The zero-order valence-electron chi connectivity index (χ0n) is 18.5. The van der Waals surface area contributed by atoms with E-state index in [4.69, 9.17) is 4.74 Å². The van der Waals surface area contributed by atoms with Crippen molar-refractivity contribution in [3.8, 4) is 5.75 Å². The van der Waals surface area contributed by atoms with Gasteiger partial charge in [0.05, 0.1) is 6.54 Å². The third-order valence-corrected chi connectivity index (χ3v) is 6.16. The quantitative estimate of drug-likeness (QED) is 0.450. The molecule has 0 aromatic heterocycles. The molecule has 2 aromatic rings. The Labute approximate surface area is 190 Å². The second kappa shape index (κ2) is 10.6. The molecule has 4 rings (SSSR count). The van der Waals surface area contributed by atoms with Gasteiger partial charge in [-0.3, -0.25) is 19.4 Å². The second-order valence-corrected chi connectivity index (χ2v) is 8.34. The maximum absolute atomic E-state index is 12.9. The predicted octanol–water partition coefficient (Wildman–Crippen LogP) is 3.03. The molecule has 0 atom stereocenters. The molecule has 32 heavy (non-hydrogen) atoms. The topological polar surface area (TPSA) is 53.1 Å². The predicted molar refractivity (Wildman–Crippen MR) is 126 cm³/mol. The van der Waals surface area contributed by atoms with Crippen LogP contribution < -0.4 is 9.64 Å². The van der Waals surface area contributed by atoms with Gasteiger partial charge in [-0.1, -0.05) is 24.3 Å². The summed E-state index contributed by atoms with van der Waals surface area (Å²) in [5.41, 5.74) is 2.71. The minimum absolute atomic E-state index is 0.114. The summed E-state index contributed by atoms with van der Waals surface area (Å²) in [6, 6.07) is 15.6. The fourth-order valence-electron chi connectivity index (χ4n) is 4.34. The van der Waals surface area contributed by atoms with E-state index >= 15 is 0 Å². The van der Waals surface area contributed by atoms with Crippen molar-refractivity contribution in [1.29, 1.82) is 0 Å². The van der Waals surface area contributed by atoms with Gasteiger partial charge in [-0.2, -0.15) is 0 Å². The molecule has 1 fully saturated rings. The molecule has 1 saturated heterocycles. The fourth-order valence-corrected chi connectivity index (χ4v) is 4.34. The number of piperazine rings is 1. The Kier molecular flexibility index (Phi) is 7.35. The maximum Gasteiger partial charge on any atom is 0.227 e. The summed E-state index contributed by atoms with van der Waals surface area (Å²) >= 11 is 0. The average molecular weight is 434 g/mol. The number of hydrogen-bond donors (Lipinski definition) is 0. The van der Waals surface area contributed by atoms with Gasteiger partial charge in [-0.05, 0) is 42.3 Å². The van der Waals surface area contributed by atoms with Crippen LogP contribution in [0, 0.1) is 0 Å². The lowest BCUT2D eigenvalue weighted by Gasteiger charge is -2.34. The highest BCUT2D eigenvalue weighted by atomic mass is 16.5. The van der Waals surface area contributed by atoms with Crippen molar-refractivity contribution < 1.29 is 14.3 Å². The highest BCUT2D eigenvalue weighted by Gasteiger charge is 2.25. The van der Waals surface area contributed by atoms with E-state index in [2.05, 4.69) is 16.4 Å². The zero-order valence-corrected chi connectivity index (χ0v) is 18.5. The number of carbonyl (C=O) groups excluding carboxylic acids is 2. The van der Waals surface area contributed by atoms with Crippen LogP contribution in [0.5, 0.6) is 5.75 Å².